The molecule has 0 aromatic carbocycles. The quantitative estimate of drug-likeness (QED) is 0.742. The lowest BCUT2D eigenvalue weighted by Gasteiger charge is -2.34. The smallest absolute Gasteiger partial charge is 0.218 e. The number of anilines is 1. The monoisotopic (exact) mass is 241 g/mol. The number of methoxy groups -OCH3 is 1. The van der Waals surface area contributed by atoms with Gasteiger partial charge in [-0.2, -0.15) is 0 Å². The van der Waals surface area contributed by atoms with Crippen molar-refractivity contribution in [1.29, 1.82) is 0 Å². The molecule has 1 aromatic rings. The fraction of sp³-hybridized carbons (Fsp3) is 0.636. The Morgan fingerprint density at radius 3 is 3.00 bits per heavy atom. The van der Waals surface area contributed by atoms with E-state index in [9.17, 15) is 0 Å². The van der Waals surface area contributed by atoms with Crippen molar-refractivity contribution >= 4 is 17.4 Å². The SMILES string of the molecule is COc1cc(N2CCC(C)C(Cl)C2)ncn1. The van der Waals surface area contributed by atoms with Gasteiger partial charge in [-0.25, -0.2) is 9.97 Å². The summed E-state index contributed by atoms with van der Waals surface area (Å²) in [7, 11) is 1.61. The first-order valence-corrected chi connectivity index (χ1v) is 5.89. The molecule has 1 fully saturated rings. The zero-order chi connectivity index (χ0) is 11.5. The zero-order valence-corrected chi connectivity index (χ0v) is 10.3. The summed E-state index contributed by atoms with van der Waals surface area (Å²) in [4.78, 5) is 10.4. The van der Waals surface area contributed by atoms with E-state index in [-0.39, 0.29) is 5.38 Å². The van der Waals surface area contributed by atoms with Crippen LogP contribution in [0.2, 0.25) is 0 Å². The molecule has 1 aromatic heterocycles. The molecule has 0 spiro atoms. The lowest BCUT2D eigenvalue weighted by molar-refractivity contribution is 0.395. The summed E-state index contributed by atoms with van der Waals surface area (Å²) in [5, 5.41) is 0.190. The van der Waals surface area contributed by atoms with E-state index < -0.39 is 0 Å². The number of rotatable bonds is 2. The van der Waals surface area contributed by atoms with Crippen molar-refractivity contribution in [2.75, 3.05) is 25.1 Å². The Hall–Kier alpha value is -1.03. The van der Waals surface area contributed by atoms with Gasteiger partial charge in [0.05, 0.1) is 12.5 Å². The van der Waals surface area contributed by atoms with Crippen LogP contribution in [0.15, 0.2) is 12.4 Å². The van der Waals surface area contributed by atoms with Crippen LogP contribution in [-0.2, 0) is 0 Å². The van der Waals surface area contributed by atoms with Crippen molar-refractivity contribution in [2.45, 2.75) is 18.7 Å². The van der Waals surface area contributed by atoms with Crippen LogP contribution in [0.3, 0.4) is 0 Å². The van der Waals surface area contributed by atoms with Gasteiger partial charge in [-0.05, 0) is 12.3 Å². The van der Waals surface area contributed by atoms with Crippen LogP contribution in [0.4, 0.5) is 5.82 Å². The number of halogens is 1. The van der Waals surface area contributed by atoms with Crippen LogP contribution in [0, 0.1) is 5.92 Å². The molecule has 0 aliphatic carbocycles. The summed E-state index contributed by atoms with van der Waals surface area (Å²) in [6, 6.07) is 1.85. The van der Waals surface area contributed by atoms with E-state index in [4.69, 9.17) is 16.3 Å². The number of hydrogen-bond acceptors (Lipinski definition) is 4. The van der Waals surface area contributed by atoms with Gasteiger partial charge in [-0.1, -0.05) is 6.92 Å². The fourth-order valence-corrected chi connectivity index (χ4v) is 2.14. The Morgan fingerprint density at radius 2 is 2.31 bits per heavy atom. The molecule has 2 rings (SSSR count). The molecule has 0 N–H and O–H groups in total. The molecule has 5 heteroatoms. The van der Waals surface area contributed by atoms with Crippen molar-refractivity contribution < 1.29 is 4.74 Å². The van der Waals surface area contributed by atoms with Crippen LogP contribution in [0.25, 0.3) is 0 Å². The number of ether oxygens (including phenoxy) is 1. The van der Waals surface area contributed by atoms with Gasteiger partial charge in [-0.15, -0.1) is 11.6 Å². The summed E-state index contributed by atoms with van der Waals surface area (Å²) in [5.41, 5.74) is 0. The average molecular weight is 242 g/mol. The third-order valence-corrected chi connectivity index (χ3v) is 3.60. The van der Waals surface area contributed by atoms with E-state index in [1.54, 1.807) is 7.11 Å². The van der Waals surface area contributed by atoms with Gasteiger partial charge < -0.3 is 9.64 Å². The molecule has 2 heterocycles. The standard InChI is InChI=1S/C11H16ClN3O/c1-8-3-4-15(6-9(8)12)10-5-11(16-2)14-7-13-10/h5,7-9H,3-4,6H2,1-2H3. The number of aromatic nitrogens is 2. The Balaban J connectivity index is 2.12. The maximum atomic E-state index is 6.27. The Labute approximate surface area is 101 Å². The zero-order valence-electron chi connectivity index (χ0n) is 9.56. The number of hydrogen-bond donors (Lipinski definition) is 0. The maximum absolute atomic E-state index is 6.27. The molecule has 0 bridgehead atoms. The van der Waals surface area contributed by atoms with E-state index in [1.165, 1.54) is 6.33 Å². The van der Waals surface area contributed by atoms with Crippen molar-refractivity contribution in [1.82, 2.24) is 9.97 Å². The highest BCUT2D eigenvalue weighted by Crippen LogP contribution is 2.26. The van der Waals surface area contributed by atoms with Crippen molar-refractivity contribution in [3.8, 4) is 5.88 Å². The van der Waals surface area contributed by atoms with Gasteiger partial charge in [0.25, 0.3) is 0 Å². The van der Waals surface area contributed by atoms with Gasteiger partial charge in [-0.3, -0.25) is 0 Å². The summed E-state index contributed by atoms with van der Waals surface area (Å²) in [6.07, 6.45) is 2.62. The van der Waals surface area contributed by atoms with Gasteiger partial charge in [0.15, 0.2) is 0 Å². The van der Waals surface area contributed by atoms with E-state index >= 15 is 0 Å². The Bertz CT molecular complexity index is 361. The first-order chi connectivity index (χ1) is 7.70. The molecule has 1 saturated heterocycles. The van der Waals surface area contributed by atoms with Crippen LogP contribution in [-0.4, -0.2) is 35.5 Å². The topological polar surface area (TPSA) is 38.2 Å². The first kappa shape index (κ1) is 11.5. The van der Waals surface area contributed by atoms with Crippen LogP contribution < -0.4 is 9.64 Å². The van der Waals surface area contributed by atoms with Crippen LogP contribution >= 0.6 is 11.6 Å². The second-order valence-electron chi connectivity index (χ2n) is 4.15. The van der Waals surface area contributed by atoms with Gasteiger partial charge >= 0.3 is 0 Å². The number of alkyl halides is 1. The maximum Gasteiger partial charge on any atom is 0.218 e. The van der Waals surface area contributed by atoms with E-state index in [1.807, 2.05) is 6.07 Å². The molecular weight excluding hydrogens is 226 g/mol. The molecule has 0 radical (unpaired) electrons. The highest BCUT2D eigenvalue weighted by molar-refractivity contribution is 6.21. The Kier molecular flexibility index (Phi) is 3.49. The molecule has 0 amide bonds. The molecule has 4 nitrogen and oxygen atoms in total. The lowest BCUT2D eigenvalue weighted by atomic mass is 9.99. The summed E-state index contributed by atoms with van der Waals surface area (Å²) >= 11 is 6.27. The third kappa shape index (κ3) is 2.38. The summed E-state index contributed by atoms with van der Waals surface area (Å²) < 4.78 is 5.08. The normalized spacial score (nSPS) is 25.6. The first-order valence-electron chi connectivity index (χ1n) is 5.45. The largest absolute Gasteiger partial charge is 0.481 e. The molecule has 2 atom stereocenters. The highest BCUT2D eigenvalue weighted by Gasteiger charge is 2.25. The minimum atomic E-state index is 0.190. The summed E-state index contributed by atoms with van der Waals surface area (Å²) in [6.45, 7) is 4.02. The number of piperidine rings is 1. The Morgan fingerprint density at radius 1 is 1.50 bits per heavy atom. The van der Waals surface area contributed by atoms with E-state index in [0.717, 1.165) is 25.3 Å². The van der Waals surface area contributed by atoms with Crippen LogP contribution in [0.1, 0.15) is 13.3 Å². The lowest BCUT2D eigenvalue weighted by Crippen LogP contribution is -2.40. The molecule has 1 aliphatic rings. The molecular formula is C11H16ClN3O. The predicted molar refractivity (Wildman–Crippen MR) is 64.2 cm³/mol. The second kappa shape index (κ2) is 4.87. The van der Waals surface area contributed by atoms with Crippen molar-refractivity contribution in [3.05, 3.63) is 12.4 Å². The fourth-order valence-electron chi connectivity index (χ4n) is 1.84. The highest BCUT2D eigenvalue weighted by atomic mass is 35.5. The van der Waals surface area contributed by atoms with Crippen LogP contribution in [0.5, 0.6) is 5.88 Å². The van der Waals surface area contributed by atoms with Crippen molar-refractivity contribution in [3.63, 3.8) is 0 Å². The van der Waals surface area contributed by atoms with E-state index in [2.05, 4.69) is 21.8 Å². The second-order valence-corrected chi connectivity index (χ2v) is 4.71. The molecule has 2 unspecified atom stereocenters. The summed E-state index contributed by atoms with van der Waals surface area (Å²) in [5.74, 6) is 2.06. The number of nitrogens with zero attached hydrogens (tertiary/aromatic N) is 3. The third-order valence-electron chi connectivity index (χ3n) is 3.03. The minimum absolute atomic E-state index is 0.190. The van der Waals surface area contributed by atoms with Gasteiger partial charge in [0.2, 0.25) is 5.88 Å². The molecule has 1 aliphatic heterocycles. The van der Waals surface area contributed by atoms with Gasteiger partial charge in [0.1, 0.15) is 12.1 Å². The van der Waals surface area contributed by atoms with E-state index in [0.29, 0.717) is 11.8 Å². The molecule has 16 heavy (non-hydrogen) atoms. The molecule has 88 valence electrons. The van der Waals surface area contributed by atoms with Gasteiger partial charge in [0, 0.05) is 19.2 Å². The van der Waals surface area contributed by atoms with Crippen molar-refractivity contribution in [2.24, 2.45) is 5.92 Å². The predicted octanol–water partition coefficient (Wildman–Crippen LogP) is 1.94. The minimum Gasteiger partial charge on any atom is -0.481 e. The molecule has 0 saturated carbocycles. The average Bonchev–Trinajstić information content (AvgIpc) is 2.33.